The molecule has 0 spiro atoms. The van der Waals surface area contributed by atoms with Crippen molar-refractivity contribution in [3.8, 4) is 22.5 Å². The predicted octanol–water partition coefficient (Wildman–Crippen LogP) is 7.54. The largest absolute Gasteiger partial charge is 0.459 e. The summed E-state index contributed by atoms with van der Waals surface area (Å²) in [5.74, 6) is 0.0887. The maximum atomic E-state index is 12.8. The van der Waals surface area contributed by atoms with Gasteiger partial charge in [-0.2, -0.15) is 0 Å². The van der Waals surface area contributed by atoms with E-state index in [1.54, 1.807) is 0 Å². The van der Waals surface area contributed by atoms with Gasteiger partial charge in [0, 0.05) is 11.1 Å². The lowest BCUT2D eigenvalue weighted by atomic mass is 9.93. The molecule has 1 saturated carbocycles. The van der Waals surface area contributed by atoms with Gasteiger partial charge in [0.1, 0.15) is 11.7 Å². The molecule has 0 saturated heterocycles. The van der Waals surface area contributed by atoms with Crippen molar-refractivity contribution < 1.29 is 23.6 Å². The number of carbonyl (C=O) groups is 2. The molecule has 4 aromatic rings. The molecule has 6 heteroatoms. The molecular weight excluding hydrogens is 502 g/mol. The van der Waals surface area contributed by atoms with E-state index in [1.165, 1.54) is 0 Å². The molecule has 1 heterocycles. The minimum Gasteiger partial charge on any atom is -0.459 e. The first-order valence-electron chi connectivity index (χ1n) is 13.7. The van der Waals surface area contributed by atoms with Gasteiger partial charge in [-0.05, 0) is 69.7 Å². The minimum atomic E-state index is -0.518. The van der Waals surface area contributed by atoms with E-state index in [4.69, 9.17) is 14.0 Å². The van der Waals surface area contributed by atoms with E-state index in [1.807, 2.05) is 113 Å². The van der Waals surface area contributed by atoms with Gasteiger partial charge in [0.15, 0.2) is 5.76 Å². The first-order valence-corrected chi connectivity index (χ1v) is 13.7. The van der Waals surface area contributed by atoms with E-state index in [0.29, 0.717) is 11.5 Å². The molecule has 0 unspecified atom stereocenters. The number of hydrogen-bond acceptors (Lipinski definition) is 6. The Bertz CT molecular complexity index is 1490. The maximum absolute atomic E-state index is 12.8. The highest BCUT2D eigenvalue weighted by Gasteiger charge is 2.53. The number of nitrogens with zero attached hydrogens (tertiary/aromatic N) is 1. The van der Waals surface area contributed by atoms with E-state index in [2.05, 4.69) is 5.16 Å². The third-order valence-electron chi connectivity index (χ3n) is 7.34. The van der Waals surface area contributed by atoms with Crippen LogP contribution in [0.15, 0.2) is 83.4 Å². The summed E-state index contributed by atoms with van der Waals surface area (Å²) in [6.45, 7) is 9.39. The number of benzene rings is 3. The quantitative estimate of drug-likeness (QED) is 0.216. The van der Waals surface area contributed by atoms with Crippen molar-refractivity contribution in [1.82, 2.24) is 5.16 Å². The van der Waals surface area contributed by atoms with Crippen LogP contribution in [0.2, 0.25) is 0 Å². The zero-order valence-corrected chi connectivity index (χ0v) is 23.7. The average Bonchev–Trinajstić information content (AvgIpc) is 3.67. The topological polar surface area (TPSA) is 78.6 Å². The van der Waals surface area contributed by atoms with Gasteiger partial charge >= 0.3 is 11.9 Å². The molecule has 5 rings (SSSR count). The molecule has 40 heavy (non-hydrogen) atoms. The number of carbonyl (C=O) groups excluding carboxylic acids is 2. The Balaban J connectivity index is 1.28. The van der Waals surface area contributed by atoms with Crippen molar-refractivity contribution in [3.05, 3.63) is 101 Å². The first-order chi connectivity index (χ1) is 19.1. The van der Waals surface area contributed by atoms with Crippen molar-refractivity contribution in [1.29, 1.82) is 0 Å². The van der Waals surface area contributed by atoms with Crippen molar-refractivity contribution in [2.24, 2.45) is 0 Å². The highest BCUT2D eigenvalue weighted by Crippen LogP contribution is 2.50. The Morgan fingerprint density at radius 1 is 0.900 bits per heavy atom. The van der Waals surface area contributed by atoms with Crippen molar-refractivity contribution in [2.45, 2.75) is 71.0 Å². The fourth-order valence-corrected chi connectivity index (χ4v) is 4.91. The maximum Gasteiger partial charge on any atom is 0.317 e. The Morgan fingerprint density at radius 2 is 1.48 bits per heavy atom. The van der Waals surface area contributed by atoms with Gasteiger partial charge < -0.3 is 14.0 Å². The Kier molecular flexibility index (Phi) is 7.37. The molecule has 0 aliphatic heterocycles. The average molecular weight is 538 g/mol. The summed E-state index contributed by atoms with van der Waals surface area (Å²) in [6.07, 6.45) is 1.35. The van der Waals surface area contributed by atoms with E-state index in [-0.39, 0.29) is 24.5 Å². The highest BCUT2D eigenvalue weighted by molar-refractivity contribution is 5.87. The normalized spacial score (nSPS) is 14.8. The lowest BCUT2D eigenvalue weighted by molar-refractivity contribution is -0.158. The van der Waals surface area contributed by atoms with Gasteiger partial charge in [0.25, 0.3) is 0 Å². The third kappa shape index (κ3) is 5.86. The van der Waals surface area contributed by atoms with Crippen LogP contribution in [0.5, 0.6) is 0 Å². The predicted molar refractivity (Wildman–Crippen MR) is 154 cm³/mol. The van der Waals surface area contributed by atoms with Crippen LogP contribution in [0.3, 0.4) is 0 Å². The number of aryl methyl sites for hydroxylation is 1. The molecule has 0 amide bonds. The molecular formula is C34H35NO5. The molecule has 6 nitrogen and oxygen atoms in total. The van der Waals surface area contributed by atoms with E-state index < -0.39 is 11.0 Å². The lowest BCUT2D eigenvalue weighted by Gasteiger charge is -2.24. The Labute approximate surface area is 235 Å². The molecule has 1 aliphatic carbocycles. The number of aromatic nitrogens is 1. The second-order valence-corrected chi connectivity index (χ2v) is 11.5. The number of esters is 2. The van der Waals surface area contributed by atoms with E-state index in [0.717, 1.165) is 46.2 Å². The Morgan fingerprint density at radius 3 is 2.05 bits per heavy atom. The number of ether oxygens (including phenoxy) is 2. The molecule has 0 radical (unpaired) electrons. The zero-order chi connectivity index (χ0) is 28.5. The van der Waals surface area contributed by atoms with Crippen LogP contribution < -0.4 is 0 Å². The molecule has 1 fully saturated rings. The SMILES string of the molecule is Cc1noc(-c2ccc(-c3ccc(C4(C(=O)OC(C)(C)C)CC4)cc3)cc2)c1CC(=O)O[C@H](C)c1ccccc1. The zero-order valence-electron chi connectivity index (χ0n) is 23.7. The standard InChI is InChI=1S/C34H35NO5/c1-22-29(21-30(36)38-23(2)24-9-7-6-8-10-24)31(40-35-22)27-13-11-25(12-14-27)26-15-17-28(18-16-26)34(19-20-34)32(37)39-33(3,4)5/h6-18,23H,19-21H2,1-5H3/t23-/m1/s1. The molecule has 0 bridgehead atoms. The molecule has 1 aromatic heterocycles. The summed E-state index contributed by atoms with van der Waals surface area (Å²) < 4.78 is 17.0. The molecule has 0 N–H and O–H groups in total. The van der Waals surface area contributed by atoms with Crippen LogP contribution in [0, 0.1) is 6.92 Å². The van der Waals surface area contributed by atoms with Gasteiger partial charge in [0.05, 0.1) is 17.5 Å². The van der Waals surface area contributed by atoms with Crippen LogP contribution >= 0.6 is 0 Å². The second-order valence-electron chi connectivity index (χ2n) is 11.5. The van der Waals surface area contributed by atoms with Gasteiger partial charge in [-0.1, -0.05) is 84.0 Å². The monoisotopic (exact) mass is 537 g/mol. The van der Waals surface area contributed by atoms with Crippen LogP contribution in [0.4, 0.5) is 0 Å². The van der Waals surface area contributed by atoms with E-state index >= 15 is 0 Å². The summed E-state index contributed by atoms with van der Waals surface area (Å²) in [7, 11) is 0. The van der Waals surface area contributed by atoms with Gasteiger partial charge in [-0.25, -0.2) is 0 Å². The summed E-state index contributed by atoms with van der Waals surface area (Å²) >= 11 is 0. The highest BCUT2D eigenvalue weighted by atomic mass is 16.6. The smallest absolute Gasteiger partial charge is 0.317 e. The van der Waals surface area contributed by atoms with E-state index in [9.17, 15) is 9.59 Å². The molecule has 1 aliphatic rings. The van der Waals surface area contributed by atoms with Crippen LogP contribution in [-0.2, 0) is 30.9 Å². The van der Waals surface area contributed by atoms with Crippen molar-refractivity contribution in [3.63, 3.8) is 0 Å². The molecule has 3 aromatic carbocycles. The number of rotatable bonds is 8. The van der Waals surface area contributed by atoms with Crippen molar-refractivity contribution in [2.75, 3.05) is 0 Å². The van der Waals surface area contributed by atoms with Crippen molar-refractivity contribution >= 4 is 11.9 Å². The van der Waals surface area contributed by atoms with Crippen LogP contribution in [0.1, 0.15) is 69.0 Å². The lowest BCUT2D eigenvalue weighted by Crippen LogP contribution is -2.31. The first kappa shape index (κ1) is 27.4. The van der Waals surface area contributed by atoms with Gasteiger partial charge in [-0.3, -0.25) is 9.59 Å². The molecule has 206 valence electrons. The van der Waals surface area contributed by atoms with Crippen LogP contribution in [-0.4, -0.2) is 22.7 Å². The number of hydrogen-bond donors (Lipinski definition) is 0. The Hall–Kier alpha value is -4.19. The minimum absolute atomic E-state index is 0.0739. The summed E-state index contributed by atoms with van der Waals surface area (Å²) in [4.78, 5) is 25.6. The second kappa shape index (κ2) is 10.8. The fourth-order valence-electron chi connectivity index (χ4n) is 4.91. The van der Waals surface area contributed by atoms with Gasteiger partial charge in [-0.15, -0.1) is 0 Å². The summed E-state index contributed by atoms with van der Waals surface area (Å²) in [5.41, 5.74) is 5.22. The summed E-state index contributed by atoms with van der Waals surface area (Å²) in [6, 6.07) is 25.8. The summed E-state index contributed by atoms with van der Waals surface area (Å²) in [5, 5.41) is 4.12. The van der Waals surface area contributed by atoms with Gasteiger partial charge in [0.2, 0.25) is 0 Å². The fraction of sp³-hybridized carbons (Fsp3) is 0.324. The molecule has 1 atom stereocenters. The van der Waals surface area contributed by atoms with Crippen LogP contribution in [0.25, 0.3) is 22.5 Å². The third-order valence-corrected chi connectivity index (χ3v) is 7.34.